The van der Waals surface area contributed by atoms with Gasteiger partial charge in [0.1, 0.15) is 29.9 Å². The van der Waals surface area contributed by atoms with Gasteiger partial charge >= 0.3 is 12.2 Å². The van der Waals surface area contributed by atoms with Crippen LogP contribution in [0, 0.1) is 5.82 Å². The molecule has 2 unspecified atom stereocenters. The highest BCUT2D eigenvalue weighted by molar-refractivity contribution is 5.99. The maximum atomic E-state index is 15.2. The van der Waals surface area contributed by atoms with E-state index >= 15 is 4.39 Å². The number of hydrazone groups is 1. The minimum Gasteiger partial charge on any atom is -0.385 e. The van der Waals surface area contributed by atoms with Crippen molar-refractivity contribution in [2.24, 2.45) is 15.8 Å². The van der Waals surface area contributed by atoms with E-state index in [9.17, 15) is 18.0 Å². The van der Waals surface area contributed by atoms with E-state index in [4.69, 9.17) is 10.5 Å². The monoisotopic (exact) mass is 560 g/mol. The topological polar surface area (TPSA) is 120 Å². The fourth-order valence-electron chi connectivity index (χ4n) is 5.14. The largest absolute Gasteiger partial charge is 0.416 e. The molecule has 14 heteroatoms. The third-order valence-electron chi connectivity index (χ3n) is 7.08. The molecule has 0 radical (unpaired) electrons. The number of urea groups is 1. The Labute approximate surface area is 227 Å². The predicted molar refractivity (Wildman–Crippen MR) is 141 cm³/mol. The van der Waals surface area contributed by atoms with Crippen molar-refractivity contribution in [2.75, 3.05) is 43.5 Å². The molecule has 1 saturated heterocycles. The average Bonchev–Trinajstić information content (AvgIpc) is 3.04. The molecule has 1 aromatic heterocycles. The molecule has 1 aromatic carbocycles. The lowest BCUT2D eigenvalue weighted by Crippen LogP contribution is -2.45. The first-order valence-electron chi connectivity index (χ1n) is 12.7. The number of hydrogen-bond acceptors (Lipinski definition) is 8. The normalized spacial score (nSPS) is 21.6. The van der Waals surface area contributed by atoms with Gasteiger partial charge in [-0.05, 0) is 48.7 Å². The number of nitrogens with one attached hydrogen (secondary N) is 2. The number of aliphatic imine (C=N–C) groups is 1. The Kier molecular flexibility index (Phi) is 7.72. The van der Waals surface area contributed by atoms with Crippen molar-refractivity contribution in [1.82, 2.24) is 14.9 Å². The van der Waals surface area contributed by atoms with Gasteiger partial charge in [-0.2, -0.15) is 18.3 Å². The minimum atomic E-state index is -4.60. The van der Waals surface area contributed by atoms with E-state index in [0.717, 1.165) is 49.7 Å². The van der Waals surface area contributed by atoms with Crippen LogP contribution in [-0.2, 0) is 10.9 Å². The smallest absolute Gasteiger partial charge is 0.385 e. The van der Waals surface area contributed by atoms with Gasteiger partial charge in [-0.3, -0.25) is 15.2 Å². The van der Waals surface area contributed by atoms with Crippen LogP contribution in [0.3, 0.4) is 0 Å². The highest BCUT2D eigenvalue weighted by Crippen LogP contribution is 2.43. The highest BCUT2D eigenvalue weighted by atomic mass is 19.4. The summed E-state index contributed by atoms with van der Waals surface area (Å²) < 4.78 is 59.6. The number of aromatic nitrogens is 1. The van der Waals surface area contributed by atoms with Crippen LogP contribution in [0.1, 0.15) is 30.4 Å². The quantitative estimate of drug-likeness (QED) is 0.477. The number of pyridine rings is 1. The van der Waals surface area contributed by atoms with Crippen LogP contribution in [0.5, 0.6) is 0 Å². The van der Waals surface area contributed by atoms with Gasteiger partial charge in [0, 0.05) is 38.4 Å². The fraction of sp³-hybridized carbons (Fsp3) is 0.385. The van der Waals surface area contributed by atoms with E-state index in [0.29, 0.717) is 30.6 Å². The third-order valence-corrected chi connectivity index (χ3v) is 7.08. The molecule has 10 nitrogen and oxygen atoms in total. The SMILES string of the molecule is CC1=C(CN2CCCOCC2)N2N=CN=C(N)C2C1c1ccc(NC(=O)Nc2cc(C(F)(F)F)ccn2)c(F)c1. The molecule has 2 aromatic rings. The van der Waals surface area contributed by atoms with Crippen molar-refractivity contribution >= 4 is 29.7 Å². The maximum absolute atomic E-state index is 15.2. The summed E-state index contributed by atoms with van der Waals surface area (Å²) in [5.41, 5.74) is 7.71. The van der Waals surface area contributed by atoms with Crippen LogP contribution in [0.4, 0.5) is 33.9 Å². The molecule has 0 spiro atoms. The fourth-order valence-corrected chi connectivity index (χ4v) is 5.14. The van der Waals surface area contributed by atoms with Crippen LogP contribution < -0.4 is 16.4 Å². The Hall–Kier alpha value is -4.04. The first kappa shape index (κ1) is 27.5. The van der Waals surface area contributed by atoms with Gasteiger partial charge in [0.15, 0.2) is 0 Å². The van der Waals surface area contributed by atoms with Gasteiger partial charge in [0.2, 0.25) is 0 Å². The second-order valence-electron chi connectivity index (χ2n) is 9.67. The van der Waals surface area contributed by atoms with Gasteiger partial charge in [0.05, 0.1) is 23.6 Å². The second kappa shape index (κ2) is 11.2. The Morgan fingerprint density at radius 3 is 2.77 bits per heavy atom. The minimum absolute atomic E-state index is 0.155. The van der Waals surface area contributed by atoms with Crippen molar-refractivity contribution in [1.29, 1.82) is 0 Å². The second-order valence-corrected chi connectivity index (χ2v) is 9.67. The van der Waals surface area contributed by atoms with Crippen molar-refractivity contribution < 1.29 is 27.1 Å². The molecule has 0 saturated carbocycles. The number of amides is 2. The Bertz CT molecular complexity index is 1370. The molecule has 5 rings (SSSR count). The lowest BCUT2D eigenvalue weighted by atomic mass is 9.87. The number of nitrogens with zero attached hydrogens (tertiary/aromatic N) is 5. The highest BCUT2D eigenvalue weighted by Gasteiger charge is 2.43. The summed E-state index contributed by atoms with van der Waals surface area (Å²) in [7, 11) is 0. The Morgan fingerprint density at radius 2 is 2.00 bits per heavy atom. The number of hydrogen-bond donors (Lipinski definition) is 3. The number of anilines is 2. The van der Waals surface area contributed by atoms with Crippen molar-refractivity contribution in [3.05, 3.63) is 64.7 Å². The van der Waals surface area contributed by atoms with Crippen molar-refractivity contribution in [2.45, 2.75) is 31.5 Å². The zero-order valence-corrected chi connectivity index (χ0v) is 21.6. The van der Waals surface area contributed by atoms with Crippen LogP contribution in [0.25, 0.3) is 0 Å². The molecule has 4 N–H and O–H groups in total. The lowest BCUT2D eigenvalue weighted by Gasteiger charge is -2.31. The number of fused-ring (bicyclic) bond motifs is 1. The third kappa shape index (κ3) is 5.77. The van der Waals surface area contributed by atoms with E-state index < -0.39 is 29.6 Å². The molecular weight excluding hydrogens is 532 g/mol. The summed E-state index contributed by atoms with van der Waals surface area (Å²) in [5.74, 6) is -1.04. The van der Waals surface area contributed by atoms with E-state index in [-0.39, 0.29) is 17.4 Å². The molecule has 2 amide bonds. The number of carbonyl (C=O) groups is 1. The first-order valence-corrected chi connectivity index (χ1v) is 12.7. The number of carbonyl (C=O) groups excluding carboxylic acids is 1. The number of halogens is 4. The van der Waals surface area contributed by atoms with Gasteiger partial charge in [-0.1, -0.05) is 6.07 Å². The van der Waals surface area contributed by atoms with Gasteiger partial charge in [-0.25, -0.2) is 19.2 Å². The number of rotatable bonds is 5. The van der Waals surface area contributed by atoms with E-state index in [1.807, 2.05) is 11.9 Å². The van der Waals surface area contributed by atoms with Gasteiger partial charge in [0.25, 0.3) is 0 Å². The van der Waals surface area contributed by atoms with E-state index in [2.05, 4.69) is 30.6 Å². The summed E-state index contributed by atoms with van der Waals surface area (Å²) in [6.07, 6.45) is -1.35. The standard InChI is InChI=1S/C26H28F4N8O2/c1-15-20(13-37-7-2-9-40-10-8-37)38-23(24(31)33-14-34-38)22(15)16-3-4-19(18(27)11-16)35-25(39)36-21-12-17(5-6-32-21)26(28,29)30/h3-6,11-12,14,22-23H,2,7-10,13H2,1H3,(H2,31,33,34)(H2,32,35,36,39). The molecule has 0 aliphatic carbocycles. The van der Waals surface area contributed by atoms with E-state index in [1.165, 1.54) is 18.5 Å². The number of benzene rings is 1. The molecule has 1 fully saturated rings. The van der Waals surface area contributed by atoms with Crippen molar-refractivity contribution in [3.8, 4) is 0 Å². The Morgan fingerprint density at radius 1 is 1.18 bits per heavy atom. The lowest BCUT2D eigenvalue weighted by molar-refractivity contribution is -0.137. The molecule has 40 heavy (non-hydrogen) atoms. The van der Waals surface area contributed by atoms with Gasteiger partial charge in [-0.15, -0.1) is 0 Å². The predicted octanol–water partition coefficient (Wildman–Crippen LogP) is 3.96. The van der Waals surface area contributed by atoms with Gasteiger partial charge < -0.3 is 15.8 Å². The summed E-state index contributed by atoms with van der Waals surface area (Å²) in [6, 6.07) is 4.46. The van der Waals surface area contributed by atoms with Crippen LogP contribution in [0.2, 0.25) is 0 Å². The molecule has 3 aliphatic heterocycles. The summed E-state index contributed by atoms with van der Waals surface area (Å²) in [5, 5.41) is 10.8. The summed E-state index contributed by atoms with van der Waals surface area (Å²) >= 11 is 0. The van der Waals surface area contributed by atoms with Crippen LogP contribution >= 0.6 is 0 Å². The number of nitrogens with two attached hydrogens (primary N) is 1. The molecule has 0 bridgehead atoms. The molecule has 212 valence electrons. The number of ether oxygens (including phenoxy) is 1. The zero-order valence-electron chi connectivity index (χ0n) is 21.6. The zero-order chi connectivity index (χ0) is 28.4. The number of alkyl halides is 3. The molecular formula is C26H28F4N8O2. The first-order chi connectivity index (χ1) is 19.1. The summed E-state index contributed by atoms with van der Waals surface area (Å²) in [4.78, 5) is 22.6. The molecule has 3 aliphatic rings. The van der Waals surface area contributed by atoms with E-state index in [1.54, 1.807) is 6.07 Å². The molecule has 2 atom stereocenters. The van der Waals surface area contributed by atoms with Crippen LogP contribution in [-0.4, -0.2) is 72.0 Å². The average molecular weight is 561 g/mol. The maximum Gasteiger partial charge on any atom is 0.416 e. The Balaban J connectivity index is 1.35. The van der Waals surface area contributed by atoms with Crippen molar-refractivity contribution in [3.63, 3.8) is 0 Å². The molecule has 4 heterocycles. The number of amidine groups is 1. The summed E-state index contributed by atoms with van der Waals surface area (Å²) in [6.45, 7) is 5.60. The van der Waals surface area contributed by atoms with Crippen LogP contribution in [0.15, 0.2) is 57.9 Å².